The van der Waals surface area contributed by atoms with Crippen molar-refractivity contribution < 1.29 is 14.3 Å². The van der Waals surface area contributed by atoms with E-state index >= 15 is 0 Å². The first-order valence-electron chi connectivity index (χ1n) is 7.84. The summed E-state index contributed by atoms with van der Waals surface area (Å²) in [5, 5.41) is 4.66. The van der Waals surface area contributed by atoms with Crippen LogP contribution in [0.4, 0.5) is 0 Å². The second kappa shape index (κ2) is 9.85. The molecule has 0 saturated carbocycles. The number of nitrogens with one attached hydrogen (secondary N) is 1. The molecule has 0 heterocycles. The zero-order valence-corrected chi connectivity index (χ0v) is 15.7. The van der Waals surface area contributed by atoms with Crippen molar-refractivity contribution >= 4 is 35.3 Å². The molecule has 7 heteroatoms. The Morgan fingerprint density at radius 1 is 1.19 bits per heavy atom. The third-order valence-corrected chi connectivity index (χ3v) is 3.73. The van der Waals surface area contributed by atoms with E-state index < -0.39 is 5.91 Å². The standard InChI is InChI=1S/C19H18Cl2N2O3/c1-3-9-26-17-8-5-13(10-18(17)25-4-2)12-22-23-19(24)15-7-6-14(20)11-16(15)21/h3,5-8,10-12H,1,4,9H2,2H3,(H,23,24)/b22-12-. The highest BCUT2D eigenvalue weighted by molar-refractivity contribution is 6.36. The van der Waals surface area contributed by atoms with Crippen LogP contribution in [0.15, 0.2) is 54.2 Å². The van der Waals surface area contributed by atoms with Crippen LogP contribution in [0.25, 0.3) is 0 Å². The zero-order valence-electron chi connectivity index (χ0n) is 14.2. The van der Waals surface area contributed by atoms with Crippen molar-refractivity contribution in [2.75, 3.05) is 13.2 Å². The number of hydrogen-bond donors (Lipinski definition) is 1. The smallest absolute Gasteiger partial charge is 0.272 e. The van der Waals surface area contributed by atoms with Crippen molar-refractivity contribution in [1.29, 1.82) is 0 Å². The summed E-state index contributed by atoms with van der Waals surface area (Å²) in [6.45, 7) is 6.38. The molecule has 0 bridgehead atoms. The van der Waals surface area contributed by atoms with Gasteiger partial charge in [-0.2, -0.15) is 5.10 Å². The molecule has 0 spiro atoms. The lowest BCUT2D eigenvalue weighted by atomic mass is 10.2. The summed E-state index contributed by atoms with van der Waals surface area (Å²) >= 11 is 11.8. The molecule has 0 aliphatic rings. The lowest BCUT2D eigenvalue weighted by Crippen LogP contribution is -2.18. The van der Waals surface area contributed by atoms with Crippen LogP contribution in [0.1, 0.15) is 22.8 Å². The second-order valence-electron chi connectivity index (χ2n) is 5.06. The van der Waals surface area contributed by atoms with Crippen molar-refractivity contribution in [3.63, 3.8) is 0 Å². The summed E-state index contributed by atoms with van der Waals surface area (Å²) < 4.78 is 11.1. The number of hydrogen-bond acceptors (Lipinski definition) is 4. The molecule has 2 aromatic carbocycles. The lowest BCUT2D eigenvalue weighted by molar-refractivity contribution is 0.0955. The average Bonchev–Trinajstić information content (AvgIpc) is 2.61. The number of ether oxygens (including phenoxy) is 2. The highest BCUT2D eigenvalue weighted by atomic mass is 35.5. The summed E-state index contributed by atoms with van der Waals surface area (Å²) in [5.74, 6) is 0.769. The van der Waals surface area contributed by atoms with Crippen molar-refractivity contribution in [3.05, 3.63) is 70.2 Å². The van der Waals surface area contributed by atoms with Crippen LogP contribution in [-0.4, -0.2) is 25.3 Å². The Balaban J connectivity index is 2.08. The van der Waals surface area contributed by atoms with Gasteiger partial charge >= 0.3 is 0 Å². The van der Waals surface area contributed by atoms with E-state index in [4.69, 9.17) is 32.7 Å². The maximum atomic E-state index is 12.1. The topological polar surface area (TPSA) is 59.9 Å². The third kappa shape index (κ3) is 5.51. The van der Waals surface area contributed by atoms with Gasteiger partial charge in [0.15, 0.2) is 11.5 Å². The molecule has 2 rings (SSSR count). The molecule has 0 aromatic heterocycles. The number of rotatable bonds is 8. The van der Waals surface area contributed by atoms with Crippen molar-refractivity contribution in [2.45, 2.75) is 6.92 Å². The van der Waals surface area contributed by atoms with E-state index in [-0.39, 0.29) is 10.6 Å². The van der Waals surface area contributed by atoms with Crippen LogP contribution in [-0.2, 0) is 0 Å². The Hall–Kier alpha value is -2.50. The molecule has 0 radical (unpaired) electrons. The van der Waals surface area contributed by atoms with Gasteiger partial charge in [-0.25, -0.2) is 5.43 Å². The van der Waals surface area contributed by atoms with Gasteiger partial charge in [0, 0.05) is 5.02 Å². The van der Waals surface area contributed by atoms with Gasteiger partial charge in [-0.15, -0.1) is 0 Å². The quantitative estimate of drug-likeness (QED) is 0.401. The van der Waals surface area contributed by atoms with Crippen LogP contribution in [0, 0.1) is 0 Å². The first kappa shape index (κ1) is 19.8. The molecule has 0 fully saturated rings. The Morgan fingerprint density at radius 3 is 2.69 bits per heavy atom. The number of halogens is 2. The summed E-state index contributed by atoms with van der Waals surface area (Å²) in [6, 6.07) is 9.96. The highest BCUT2D eigenvalue weighted by Crippen LogP contribution is 2.28. The molecule has 0 unspecified atom stereocenters. The fraction of sp³-hybridized carbons (Fsp3) is 0.158. The molecule has 136 valence electrons. The van der Waals surface area contributed by atoms with Gasteiger partial charge in [-0.05, 0) is 48.9 Å². The maximum absolute atomic E-state index is 12.1. The van der Waals surface area contributed by atoms with Gasteiger partial charge in [0.25, 0.3) is 5.91 Å². The lowest BCUT2D eigenvalue weighted by Gasteiger charge is -2.11. The molecule has 1 N–H and O–H groups in total. The van der Waals surface area contributed by atoms with Crippen molar-refractivity contribution in [3.8, 4) is 11.5 Å². The van der Waals surface area contributed by atoms with E-state index in [1.54, 1.807) is 30.3 Å². The van der Waals surface area contributed by atoms with E-state index in [1.165, 1.54) is 18.3 Å². The molecule has 0 saturated heterocycles. The van der Waals surface area contributed by atoms with Gasteiger partial charge in [0.05, 0.1) is 23.4 Å². The predicted molar refractivity (Wildman–Crippen MR) is 105 cm³/mol. The maximum Gasteiger partial charge on any atom is 0.272 e. The van der Waals surface area contributed by atoms with Gasteiger partial charge in [-0.3, -0.25) is 4.79 Å². The summed E-state index contributed by atoms with van der Waals surface area (Å²) in [7, 11) is 0. The molecule has 5 nitrogen and oxygen atoms in total. The van der Waals surface area contributed by atoms with Crippen LogP contribution in [0.5, 0.6) is 11.5 Å². The van der Waals surface area contributed by atoms with E-state index in [2.05, 4.69) is 17.1 Å². The predicted octanol–water partition coefficient (Wildman–Crippen LogP) is 4.72. The Morgan fingerprint density at radius 2 is 2.00 bits per heavy atom. The van der Waals surface area contributed by atoms with E-state index in [0.29, 0.717) is 29.7 Å². The third-order valence-electron chi connectivity index (χ3n) is 3.18. The van der Waals surface area contributed by atoms with Crippen LogP contribution in [0.2, 0.25) is 10.0 Å². The largest absolute Gasteiger partial charge is 0.490 e. The number of carbonyl (C=O) groups excluding carboxylic acids is 1. The van der Waals surface area contributed by atoms with Gasteiger partial charge in [-0.1, -0.05) is 35.9 Å². The number of nitrogens with zero attached hydrogens (tertiary/aromatic N) is 1. The minimum atomic E-state index is -0.432. The molecule has 0 aliphatic heterocycles. The first-order valence-corrected chi connectivity index (χ1v) is 8.59. The Kier molecular flexibility index (Phi) is 7.51. The monoisotopic (exact) mass is 392 g/mol. The number of amides is 1. The molecule has 2 aromatic rings. The zero-order chi connectivity index (χ0) is 18.9. The molecule has 1 amide bonds. The molecule has 0 atom stereocenters. The normalized spacial score (nSPS) is 10.6. The Labute approximate surface area is 162 Å². The molecule has 0 aliphatic carbocycles. The average molecular weight is 393 g/mol. The van der Waals surface area contributed by atoms with Gasteiger partial charge in [0.2, 0.25) is 0 Å². The fourth-order valence-corrected chi connectivity index (χ4v) is 2.53. The molecular weight excluding hydrogens is 375 g/mol. The Bertz CT molecular complexity index is 822. The number of carbonyl (C=O) groups is 1. The van der Waals surface area contributed by atoms with Gasteiger partial charge < -0.3 is 9.47 Å². The van der Waals surface area contributed by atoms with Crippen LogP contribution in [0.3, 0.4) is 0 Å². The van der Waals surface area contributed by atoms with E-state index in [0.717, 1.165) is 5.56 Å². The van der Waals surface area contributed by atoms with E-state index in [1.807, 2.05) is 6.92 Å². The summed E-state index contributed by atoms with van der Waals surface area (Å²) in [6.07, 6.45) is 3.16. The van der Waals surface area contributed by atoms with Crippen molar-refractivity contribution in [2.24, 2.45) is 5.10 Å². The summed E-state index contributed by atoms with van der Waals surface area (Å²) in [5.41, 5.74) is 3.45. The first-order chi connectivity index (χ1) is 12.5. The van der Waals surface area contributed by atoms with Crippen LogP contribution < -0.4 is 14.9 Å². The van der Waals surface area contributed by atoms with Crippen molar-refractivity contribution in [1.82, 2.24) is 5.43 Å². The molecular formula is C19H18Cl2N2O3. The summed E-state index contributed by atoms with van der Waals surface area (Å²) in [4.78, 5) is 12.1. The number of hydrazone groups is 1. The fourth-order valence-electron chi connectivity index (χ4n) is 2.04. The highest BCUT2D eigenvalue weighted by Gasteiger charge is 2.10. The second-order valence-corrected chi connectivity index (χ2v) is 5.91. The van der Waals surface area contributed by atoms with Gasteiger partial charge in [0.1, 0.15) is 6.61 Å². The minimum Gasteiger partial charge on any atom is -0.490 e. The van der Waals surface area contributed by atoms with E-state index in [9.17, 15) is 4.79 Å². The number of benzene rings is 2. The minimum absolute atomic E-state index is 0.257. The van der Waals surface area contributed by atoms with Crippen LogP contribution >= 0.6 is 23.2 Å². The molecule has 26 heavy (non-hydrogen) atoms. The SMILES string of the molecule is C=CCOc1ccc(/C=N\NC(=O)c2ccc(Cl)cc2Cl)cc1OCC.